The molecule has 1 amide bonds. The average molecular weight is 341 g/mol. The van der Waals surface area contributed by atoms with E-state index in [2.05, 4.69) is 24.4 Å². The van der Waals surface area contributed by atoms with Gasteiger partial charge in [-0.25, -0.2) is 0 Å². The minimum atomic E-state index is -0.0743. The quantitative estimate of drug-likeness (QED) is 0.745. The van der Waals surface area contributed by atoms with Gasteiger partial charge in [-0.15, -0.1) is 0 Å². The molecule has 0 bridgehead atoms. The minimum Gasteiger partial charge on any atom is -0.496 e. The second-order valence-electron chi connectivity index (χ2n) is 5.89. The summed E-state index contributed by atoms with van der Waals surface area (Å²) in [5, 5.41) is 3.05. The first-order valence-corrected chi connectivity index (χ1v) is 8.77. The summed E-state index contributed by atoms with van der Waals surface area (Å²) >= 11 is 0. The molecule has 2 aromatic rings. The Kier molecular flexibility index (Phi) is 7.48. The lowest BCUT2D eigenvalue weighted by Gasteiger charge is -2.17. The van der Waals surface area contributed by atoms with Crippen LogP contribution < -0.4 is 10.1 Å². The Balaban J connectivity index is 2.04. The smallest absolute Gasteiger partial charge is 0.251 e. The van der Waals surface area contributed by atoms with E-state index in [4.69, 9.17) is 9.47 Å². The molecule has 0 fully saturated rings. The number of rotatable bonds is 9. The lowest BCUT2D eigenvalue weighted by Crippen LogP contribution is -2.28. The molecule has 0 spiro atoms. The monoisotopic (exact) mass is 341 g/mol. The normalized spacial score (nSPS) is 11.8. The molecule has 0 aliphatic carbocycles. The van der Waals surface area contributed by atoms with Crippen molar-refractivity contribution in [2.75, 3.05) is 20.3 Å². The van der Waals surface area contributed by atoms with Crippen molar-refractivity contribution in [1.29, 1.82) is 0 Å². The predicted octanol–water partition coefficient (Wildman–Crippen LogP) is 4.16. The van der Waals surface area contributed by atoms with Gasteiger partial charge in [0.05, 0.1) is 13.7 Å². The molecule has 4 nitrogen and oxygen atoms in total. The van der Waals surface area contributed by atoms with Crippen molar-refractivity contribution in [3.05, 3.63) is 65.2 Å². The van der Waals surface area contributed by atoms with Crippen LogP contribution in [0.4, 0.5) is 0 Å². The second-order valence-corrected chi connectivity index (χ2v) is 5.89. The maximum atomic E-state index is 12.5. The largest absolute Gasteiger partial charge is 0.496 e. The van der Waals surface area contributed by atoms with E-state index in [1.807, 2.05) is 37.3 Å². The Bertz CT molecular complexity index is 670. The van der Waals surface area contributed by atoms with Crippen molar-refractivity contribution in [1.82, 2.24) is 5.32 Å². The van der Waals surface area contributed by atoms with Gasteiger partial charge in [-0.3, -0.25) is 4.79 Å². The lowest BCUT2D eigenvalue weighted by molar-refractivity contribution is 0.0950. The molecule has 0 aliphatic rings. The van der Waals surface area contributed by atoms with Crippen LogP contribution in [0.2, 0.25) is 0 Å². The van der Waals surface area contributed by atoms with Crippen LogP contribution in [0.3, 0.4) is 0 Å². The zero-order chi connectivity index (χ0) is 18.1. The van der Waals surface area contributed by atoms with Crippen LogP contribution in [-0.4, -0.2) is 26.2 Å². The number of nitrogens with one attached hydrogen (secondary N) is 1. The molecule has 25 heavy (non-hydrogen) atoms. The first-order valence-electron chi connectivity index (χ1n) is 8.77. The van der Waals surface area contributed by atoms with Crippen molar-refractivity contribution >= 4 is 5.91 Å². The molecule has 2 rings (SSSR count). The summed E-state index contributed by atoms with van der Waals surface area (Å²) in [6.45, 7) is 5.75. The molecule has 0 aliphatic heterocycles. The molecule has 0 aromatic heterocycles. The zero-order valence-corrected chi connectivity index (χ0v) is 15.2. The number of amides is 1. The van der Waals surface area contributed by atoms with Crippen molar-refractivity contribution in [2.45, 2.75) is 32.8 Å². The third-order valence-corrected chi connectivity index (χ3v) is 4.28. The van der Waals surface area contributed by atoms with Crippen molar-refractivity contribution in [3.8, 4) is 5.75 Å². The van der Waals surface area contributed by atoms with Crippen LogP contribution in [0.5, 0.6) is 5.75 Å². The molecule has 0 radical (unpaired) electrons. The molecule has 134 valence electrons. The molecule has 1 unspecified atom stereocenters. The van der Waals surface area contributed by atoms with Crippen LogP contribution in [0.15, 0.2) is 48.5 Å². The molecule has 0 heterocycles. The van der Waals surface area contributed by atoms with Gasteiger partial charge in [0.2, 0.25) is 0 Å². The van der Waals surface area contributed by atoms with Gasteiger partial charge in [-0.05, 0) is 37.1 Å². The zero-order valence-electron chi connectivity index (χ0n) is 15.2. The number of hydrogen-bond donors (Lipinski definition) is 1. The maximum absolute atomic E-state index is 12.5. The number of carbonyl (C=O) groups excluding carboxylic acids is 1. The van der Waals surface area contributed by atoms with Crippen molar-refractivity contribution in [3.63, 3.8) is 0 Å². The van der Waals surface area contributed by atoms with E-state index in [1.54, 1.807) is 13.2 Å². The Morgan fingerprint density at radius 1 is 1.12 bits per heavy atom. The van der Waals surface area contributed by atoms with Gasteiger partial charge in [0.25, 0.3) is 5.91 Å². The third kappa shape index (κ3) is 5.33. The molecule has 0 saturated carbocycles. The average Bonchev–Trinajstić information content (AvgIpc) is 2.67. The summed E-state index contributed by atoms with van der Waals surface area (Å²) in [6.07, 6.45) is 0.975. The fourth-order valence-corrected chi connectivity index (χ4v) is 2.79. The summed E-state index contributed by atoms with van der Waals surface area (Å²) in [5.41, 5.74) is 2.75. The summed E-state index contributed by atoms with van der Waals surface area (Å²) in [6, 6.07) is 15.7. The predicted molar refractivity (Wildman–Crippen MR) is 100 cm³/mol. The van der Waals surface area contributed by atoms with Gasteiger partial charge >= 0.3 is 0 Å². The van der Waals surface area contributed by atoms with Gasteiger partial charge < -0.3 is 14.8 Å². The highest BCUT2D eigenvalue weighted by molar-refractivity contribution is 5.94. The summed E-state index contributed by atoms with van der Waals surface area (Å²) in [5.74, 6) is 0.974. The van der Waals surface area contributed by atoms with Crippen LogP contribution in [0.25, 0.3) is 0 Å². The van der Waals surface area contributed by atoms with E-state index in [0.717, 1.165) is 17.7 Å². The summed E-state index contributed by atoms with van der Waals surface area (Å²) in [7, 11) is 1.62. The first-order chi connectivity index (χ1) is 12.2. The van der Waals surface area contributed by atoms with Crippen LogP contribution in [0, 0.1) is 0 Å². The maximum Gasteiger partial charge on any atom is 0.251 e. The van der Waals surface area contributed by atoms with Gasteiger partial charge in [0, 0.05) is 30.2 Å². The van der Waals surface area contributed by atoms with E-state index in [-0.39, 0.29) is 5.91 Å². The van der Waals surface area contributed by atoms with Crippen molar-refractivity contribution < 1.29 is 14.3 Å². The lowest BCUT2D eigenvalue weighted by atomic mass is 9.96. The van der Waals surface area contributed by atoms with E-state index in [9.17, 15) is 4.79 Å². The van der Waals surface area contributed by atoms with Gasteiger partial charge in [0.15, 0.2) is 0 Å². The SMILES string of the molecule is CCOCc1cc(C(=O)NCC(CC)c2ccccc2)ccc1OC. The van der Waals surface area contributed by atoms with Crippen LogP contribution >= 0.6 is 0 Å². The number of hydrogen-bond acceptors (Lipinski definition) is 3. The Morgan fingerprint density at radius 2 is 1.88 bits per heavy atom. The number of benzene rings is 2. The Labute approximate surface area is 150 Å². The fourth-order valence-electron chi connectivity index (χ4n) is 2.79. The highest BCUT2D eigenvalue weighted by Gasteiger charge is 2.14. The molecule has 2 aromatic carbocycles. The van der Waals surface area contributed by atoms with E-state index in [0.29, 0.717) is 31.2 Å². The van der Waals surface area contributed by atoms with Crippen LogP contribution in [-0.2, 0) is 11.3 Å². The van der Waals surface area contributed by atoms with Crippen molar-refractivity contribution in [2.24, 2.45) is 0 Å². The molecule has 1 atom stereocenters. The summed E-state index contributed by atoms with van der Waals surface area (Å²) < 4.78 is 10.8. The standard InChI is InChI=1S/C21H27NO3/c1-4-16(17-9-7-6-8-10-17)14-22-21(23)18-11-12-20(24-3)19(13-18)15-25-5-2/h6-13,16H,4-5,14-15H2,1-3H3,(H,22,23). The minimum absolute atomic E-state index is 0.0743. The van der Waals surface area contributed by atoms with Gasteiger partial charge in [-0.1, -0.05) is 37.3 Å². The third-order valence-electron chi connectivity index (χ3n) is 4.28. The van der Waals surface area contributed by atoms with Gasteiger partial charge in [0.1, 0.15) is 5.75 Å². The molecular formula is C21H27NO3. The molecule has 0 saturated heterocycles. The second kappa shape index (κ2) is 9.84. The topological polar surface area (TPSA) is 47.6 Å². The number of ether oxygens (including phenoxy) is 2. The summed E-state index contributed by atoms with van der Waals surface area (Å²) in [4.78, 5) is 12.5. The highest BCUT2D eigenvalue weighted by atomic mass is 16.5. The Morgan fingerprint density at radius 3 is 2.52 bits per heavy atom. The molecular weight excluding hydrogens is 314 g/mol. The van der Waals surface area contributed by atoms with Crippen LogP contribution in [0.1, 0.15) is 47.7 Å². The highest BCUT2D eigenvalue weighted by Crippen LogP contribution is 2.22. The van der Waals surface area contributed by atoms with Gasteiger partial charge in [-0.2, -0.15) is 0 Å². The first kappa shape index (κ1) is 19.0. The van der Waals surface area contributed by atoms with E-state index in [1.165, 1.54) is 5.56 Å². The van der Waals surface area contributed by atoms with E-state index < -0.39 is 0 Å². The fraction of sp³-hybridized carbons (Fsp3) is 0.381. The van der Waals surface area contributed by atoms with E-state index >= 15 is 0 Å². The molecule has 1 N–H and O–H groups in total. The number of methoxy groups -OCH3 is 1. The number of carbonyl (C=O) groups is 1. The molecule has 4 heteroatoms. The Hall–Kier alpha value is -2.33.